The van der Waals surface area contributed by atoms with Gasteiger partial charge in [0.05, 0.1) is 13.5 Å². The van der Waals surface area contributed by atoms with Gasteiger partial charge in [-0.05, 0) is 6.42 Å². The molecule has 0 spiro atoms. The van der Waals surface area contributed by atoms with Crippen molar-refractivity contribution < 1.29 is 19.1 Å². The summed E-state index contributed by atoms with van der Waals surface area (Å²) >= 11 is 0. The zero-order chi connectivity index (χ0) is 9.14. The highest BCUT2D eigenvalue weighted by Gasteiger charge is 2.42. The number of carbonyl (C=O) groups excluding carboxylic acids is 2. The fourth-order valence-corrected chi connectivity index (χ4v) is 1.24. The Labute approximate surface area is 70.8 Å². The van der Waals surface area contributed by atoms with Gasteiger partial charge in [0.15, 0.2) is 0 Å². The molecule has 2 unspecified atom stereocenters. The lowest BCUT2D eigenvalue weighted by molar-refractivity contribution is -0.188. The molecule has 4 nitrogen and oxygen atoms in total. The van der Waals surface area contributed by atoms with Crippen molar-refractivity contribution >= 4 is 11.9 Å². The molecule has 0 radical (unpaired) electrons. The van der Waals surface area contributed by atoms with Gasteiger partial charge in [0.1, 0.15) is 12.0 Å². The van der Waals surface area contributed by atoms with Gasteiger partial charge < -0.3 is 9.47 Å². The molecule has 1 aliphatic rings. The molecule has 12 heavy (non-hydrogen) atoms. The van der Waals surface area contributed by atoms with Gasteiger partial charge >= 0.3 is 11.9 Å². The van der Waals surface area contributed by atoms with Gasteiger partial charge in [0, 0.05) is 0 Å². The molecule has 0 aromatic heterocycles. The molecule has 1 saturated heterocycles. The Morgan fingerprint density at radius 3 is 2.75 bits per heavy atom. The van der Waals surface area contributed by atoms with Gasteiger partial charge in [0.2, 0.25) is 0 Å². The summed E-state index contributed by atoms with van der Waals surface area (Å²) in [6.45, 7) is 1.92. The molecule has 0 aromatic rings. The van der Waals surface area contributed by atoms with Crippen LogP contribution >= 0.6 is 0 Å². The maximum absolute atomic E-state index is 10.8. The van der Waals surface area contributed by atoms with E-state index in [0.717, 1.165) is 6.42 Å². The van der Waals surface area contributed by atoms with Crippen molar-refractivity contribution in [1.29, 1.82) is 0 Å². The first-order valence-corrected chi connectivity index (χ1v) is 3.96. The van der Waals surface area contributed by atoms with E-state index >= 15 is 0 Å². The first-order valence-electron chi connectivity index (χ1n) is 3.96. The molecular formula is C8H12O4. The summed E-state index contributed by atoms with van der Waals surface area (Å²) < 4.78 is 9.25. The Hall–Kier alpha value is -1.06. The summed E-state index contributed by atoms with van der Waals surface area (Å²) in [5.74, 6) is -0.912. The first kappa shape index (κ1) is 9.03. The third kappa shape index (κ3) is 1.57. The van der Waals surface area contributed by atoms with Gasteiger partial charge in [-0.2, -0.15) is 0 Å². The average Bonchev–Trinajstić information content (AvgIpc) is 2.09. The number of rotatable bonds is 3. The Balaban J connectivity index is 2.40. The van der Waals surface area contributed by atoms with Gasteiger partial charge in [-0.3, -0.25) is 9.59 Å². The van der Waals surface area contributed by atoms with Crippen molar-refractivity contribution in [2.75, 3.05) is 7.11 Å². The summed E-state index contributed by atoms with van der Waals surface area (Å²) in [5, 5.41) is 0. The molecule has 0 bridgehead atoms. The third-order valence-electron chi connectivity index (χ3n) is 2.04. The van der Waals surface area contributed by atoms with Crippen LogP contribution in [0.2, 0.25) is 0 Å². The minimum atomic E-state index is -0.352. The molecule has 2 atom stereocenters. The fraction of sp³-hybridized carbons (Fsp3) is 0.750. The SMILES string of the molecule is CCC1OC(=O)C1CC(=O)OC. The van der Waals surface area contributed by atoms with Crippen LogP contribution in [0, 0.1) is 5.92 Å². The summed E-state index contributed by atoms with van der Waals surface area (Å²) in [4.78, 5) is 21.6. The number of hydrogen-bond acceptors (Lipinski definition) is 4. The van der Waals surface area contributed by atoms with E-state index < -0.39 is 0 Å². The van der Waals surface area contributed by atoms with Gasteiger partial charge in [-0.1, -0.05) is 6.92 Å². The molecule has 0 N–H and O–H groups in total. The largest absolute Gasteiger partial charge is 0.469 e. The fourth-order valence-electron chi connectivity index (χ4n) is 1.24. The molecule has 0 aromatic carbocycles. The lowest BCUT2D eigenvalue weighted by atomic mass is 9.92. The second-order valence-electron chi connectivity index (χ2n) is 2.77. The number of esters is 2. The van der Waals surface area contributed by atoms with Crippen LogP contribution in [0.15, 0.2) is 0 Å². The van der Waals surface area contributed by atoms with Crippen LogP contribution in [-0.2, 0) is 19.1 Å². The van der Waals surface area contributed by atoms with E-state index in [4.69, 9.17) is 4.74 Å². The molecule has 4 heteroatoms. The number of ether oxygens (including phenoxy) is 2. The monoisotopic (exact) mass is 172 g/mol. The minimum absolute atomic E-state index is 0.0865. The highest BCUT2D eigenvalue weighted by atomic mass is 16.6. The predicted octanol–water partition coefficient (Wildman–Crippen LogP) is 0.501. The van der Waals surface area contributed by atoms with Crippen LogP contribution in [0.3, 0.4) is 0 Å². The van der Waals surface area contributed by atoms with Crippen molar-refractivity contribution in [2.45, 2.75) is 25.9 Å². The number of hydrogen-bond donors (Lipinski definition) is 0. The minimum Gasteiger partial charge on any atom is -0.469 e. The summed E-state index contributed by atoms with van der Waals surface area (Å²) in [7, 11) is 1.31. The maximum Gasteiger partial charge on any atom is 0.313 e. The number of carbonyl (C=O) groups is 2. The molecule has 68 valence electrons. The quantitative estimate of drug-likeness (QED) is 0.582. The second-order valence-corrected chi connectivity index (χ2v) is 2.77. The molecule has 1 rings (SSSR count). The van der Waals surface area contributed by atoms with Crippen molar-refractivity contribution in [3.63, 3.8) is 0 Å². The smallest absolute Gasteiger partial charge is 0.313 e. The molecular weight excluding hydrogens is 160 g/mol. The van der Waals surface area contributed by atoms with Crippen LogP contribution < -0.4 is 0 Å². The van der Waals surface area contributed by atoms with Crippen LogP contribution in [0.4, 0.5) is 0 Å². The highest BCUT2D eigenvalue weighted by molar-refractivity contribution is 5.84. The first-order chi connectivity index (χ1) is 5.69. The van der Waals surface area contributed by atoms with Crippen LogP contribution in [0.25, 0.3) is 0 Å². The zero-order valence-corrected chi connectivity index (χ0v) is 7.20. The standard InChI is InChI=1S/C8H12O4/c1-3-6-5(8(10)12-6)4-7(9)11-2/h5-6H,3-4H2,1-2H3. The van der Waals surface area contributed by atoms with Gasteiger partial charge in [-0.25, -0.2) is 0 Å². The van der Waals surface area contributed by atoms with E-state index in [1.165, 1.54) is 7.11 Å². The van der Waals surface area contributed by atoms with E-state index in [-0.39, 0.29) is 30.4 Å². The van der Waals surface area contributed by atoms with E-state index in [0.29, 0.717) is 0 Å². The number of cyclic esters (lactones) is 1. The summed E-state index contributed by atoms with van der Waals surface area (Å²) in [6, 6.07) is 0. The summed E-state index contributed by atoms with van der Waals surface area (Å²) in [5.41, 5.74) is 0. The maximum atomic E-state index is 10.8. The van der Waals surface area contributed by atoms with E-state index in [1.807, 2.05) is 6.92 Å². The lowest BCUT2D eigenvalue weighted by Gasteiger charge is -2.33. The Kier molecular flexibility index (Phi) is 2.68. The topological polar surface area (TPSA) is 52.6 Å². The zero-order valence-electron chi connectivity index (χ0n) is 7.20. The summed E-state index contributed by atoms with van der Waals surface area (Å²) in [6.07, 6.45) is 0.818. The van der Waals surface area contributed by atoms with E-state index in [9.17, 15) is 9.59 Å². The van der Waals surface area contributed by atoms with Crippen LogP contribution in [-0.4, -0.2) is 25.2 Å². The molecule has 1 aliphatic heterocycles. The Bertz CT molecular complexity index is 197. The molecule has 1 fully saturated rings. The van der Waals surface area contributed by atoms with Crippen LogP contribution in [0.1, 0.15) is 19.8 Å². The van der Waals surface area contributed by atoms with Gasteiger partial charge in [0.25, 0.3) is 0 Å². The van der Waals surface area contributed by atoms with E-state index in [2.05, 4.69) is 4.74 Å². The number of methoxy groups -OCH3 is 1. The van der Waals surface area contributed by atoms with Gasteiger partial charge in [-0.15, -0.1) is 0 Å². The highest BCUT2D eigenvalue weighted by Crippen LogP contribution is 2.27. The third-order valence-corrected chi connectivity index (χ3v) is 2.04. The Morgan fingerprint density at radius 2 is 2.33 bits per heavy atom. The van der Waals surface area contributed by atoms with Crippen LogP contribution in [0.5, 0.6) is 0 Å². The predicted molar refractivity (Wildman–Crippen MR) is 40.3 cm³/mol. The molecule has 0 aliphatic carbocycles. The van der Waals surface area contributed by atoms with Crippen molar-refractivity contribution in [1.82, 2.24) is 0 Å². The van der Waals surface area contributed by atoms with Crippen molar-refractivity contribution in [3.8, 4) is 0 Å². The molecule has 0 amide bonds. The normalized spacial score (nSPS) is 27.3. The lowest BCUT2D eigenvalue weighted by Crippen LogP contribution is -2.45. The average molecular weight is 172 g/mol. The molecule has 1 heterocycles. The van der Waals surface area contributed by atoms with E-state index in [1.54, 1.807) is 0 Å². The molecule has 0 saturated carbocycles. The Morgan fingerprint density at radius 1 is 1.67 bits per heavy atom. The van der Waals surface area contributed by atoms with Crippen molar-refractivity contribution in [2.24, 2.45) is 5.92 Å². The van der Waals surface area contributed by atoms with Crippen molar-refractivity contribution in [3.05, 3.63) is 0 Å². The second kappa shape index (κ2) is 3.56.